The highest BCUT2D eigenvalue weighted by molar-refractivity contribution is 6.02. The fraction of sp³-hybridized carbons (Fsp3) is 0.474. The van der Waals surface area contributed by atoms with Crippen LogP contribution in [0, 0.1) is 24.2 Å². The lowest BCUT2D eigenvalue weighted by Gasteiger charge is -2.29. The van der Waals surface area contributed by atoms with Crippen molar-refractivity contribution in [1.29, 1.82) is 5.26 Å². The lowest BCUT2D eigenvalue weighted by Crippen LogP contribution is -2.41. The first-order valence-electron chi connectivity index (χ1n) is 8.41. The molecule has 0 saturated heterocycles. The Morgan fingerprint density at radius 3 is 2.71 bits per heavy atom. The molecule has 5 nitrogen and oxygen atoms in total. The first-order chi connectivity index (χ1) is 11.6. The molecule has 24 heavy (non-hydrogen) atoms. The Hall–Kier alpha value is -2.48. The van der Waals surface area contributed by atoms with E-state index in [1.165, 1.54) is 6.42 Å². The molecule has 2 atom stereocenters. The van der Waals surface area contributed by atoms with Crippen LogP contribution in [0.4, 0.5) is 0 Å². The maximum atomic E-state index is 12.5. The molecule has 1 aliphatic carbocycles. The summed E-state index contributed by atoms with van der Waals surface area (Å²) in [5.74, 6) is 1.50. The minimum Gasteiger partial charge on any atom is -0.454 e. The number of fused-ring (bicyclic) bond motifs is 1. The Bertz CT molecular complexity index is 718. The van der Waals surface area contributed by atoms with Crippen LogP contribution in [0.3, 0.4) is 0 Å². The summed E-state index contributed by atoms with van der Waals surface area (Å²) >= 11 is 0. The number of hydrogen-bond donors (Lipinski definition) is 1. The molecule has 1 saturated carbocycles. The Morgan fingerprint density at radius 2 is 2.00 bits per heavy atom. The first kappa shape index (κ1) is 16.4. The zero-order chi connectivity index (χ0) is 17.1. The van der Waals surface area contributed by atoms with Gasteiger partial charge in [0.25, 0.3) is 5.91 Å². The third-order valence-corrected chi connectivity index (χ3v) is 4.85. The number of carbonyl (C=O) groups is 1. The molecular weight excluding hydrogens is 304 g/mol. The molecule has 3 rings (SSSR count). The first-order valence-corrected chi connectivity index (χ1v) is 8.41. The third kappa shape index (κ3) is 3.38. The molecule has 1 fully saturated rings. The largest absolute Gasteiger partial charge is 0.454 e. The number of carbonyl (C=O) groups excluding carboxylic acids is 1. The van der Waals surface area contributed by atoms with Crippen LogP contribution in [0.2, 0.25) is 0 Å². The summed E-state index contributed by atoms with van der Waals surface area (Å²) in [7, 11) is 0. The van der Waals surface area contributed by atoms with Crippen molar-refractivity contribution in [2.45, 2.75) is 45.6 Å². The van der Waals surface area contributed by atoms with E-state index in [0.29, 0.717) is 17.4 Å². The van der Waals surface area contributed by atoms with Crippen LogP contribution >= 0.6 is 0 Å². The number of aryl methyl sites for hydroxylation is 1. The van der Waals surface area contributed by atoms with Crippen molar-refractivity contribution in [2.75, 3.05) is 6.79 Å². The van der Waals surface area contributed by atoms with E-state index in [1.807, 2.05) is 25.1 Å². The van der Waals surface area contributed by atoms with E-state index >= 15 is 0 Å². The highest BCUT2D eigenvalue weighted by atomic mass is 16.7. The molecule has 0 unspecified atom stereocenters. The normalized spacial score (nSPS) is 22.8. The molecule has 1 aliphatic heterocycles. The molecule has 0 aromatic heterocycles. The third-order valence-electron chi connectivity index (χ3n) is 4.85. The number of nitrogens with one attached hydrogen (secondary N) is 1. The topological polar surface area (TPSA) is 71.4 Å². The van der Waals surface area contributed by atoms with Crippen LogP contribution in [-0.4, -0.2) is 18.7 Å². The highest BCUT2D eigenvalue weighted by Crippen LogP contribution is 2.35. The van der Waals surface area contributed by atoms with Crippen LogP contribution < -0.4 is 14.8 Å². The van der Waals surface area contributed by atoms with Gasteiger partial charge in [-0.05, 0) is 55.0 Å². The van der Waals surface area contributed by atoms with E-state index in [-0.39, 0.29) is 24.3 Å². The quantitative estimate of drug-likeness (QED) is 0.683. The molecule has 1 heterocycles. The number of rotatable bonds is 3. The molecule has 0 bridgehead atoms. The fourth-order valence-corrected chi connectivity index (χ4v) is 3.30. The van der Waals surface area contributed by atoms with Gasteiger partial charge in [-0.25, -0.2) is 0 Å². The smallest absolute Gasteiger partial charge is 0.262 e. The van der Waals surface area contributed by atoms with Gasteiger partial charge < -0.3 is 14.8 Å². The average molecular weight is 326 g/mol. The van der Waals surface area contributed by atoms with Crippen molar-refractivity contribution in [2.24, 2.45) is 5.92 Å². The van der Waals surface area contributed by atoms with E-state index in [4.69, 9.17) is 9.47 Å². The van der Waals surface area contributed by atoms with E-state index in [0.717, 1.165) is 30.4 Å². The zero-order valence-corrected chi connectivity index (χ0v) is 14.1. The molecule has 2 aliphatic rings. The van der Waals surface area contributed by atoms with Gasteiger partial charge in [0.05, 0.1) is 0 Å². The maximum Gasteiger partial charge on any atom is 0.262 e. The number of hydrogen-bond acceptors (Lipinski definition) is 4. The van der Waals surface area contributed by atoms with Crippen molar-refractivity contribution >= 4 is 12.0 Å². The SMILES string of the molecule is Cc1cc2c(cc1/C=C(\C#N)C(=O)N[C@H]1CCCC[C@@H]1C)OCO2. The van der Waals surface area contributed by atoms with Crippen molar-refractivity contribution in [3.8, 4) is 17.6 Å². The Kier molecular flexibility index (Phi) is 4.75. The van der Waals surface area contributed by atoms with E-state index in [9.17, 15) is 10.1 Å². The molecule has 126 valence electrons. The molecule has 0 spiro atoms. The van der Waals surface area contributed by atoms with Gasteiger partial charge in [0.15, 0.2) is 11.5 Å². The van der Waals surface area contributed by atoms with Crippen molar-refractivity contribution in [3.63, 3.8) is 0 Å². The lowest BCUT2D eigenvalue weighted by molar-refractivity contribution is -0.118. The van der Waals surface area contributed by atoms with Gasteiger partial charge in [0.2, 0.25) is 6.79 Å². The van der Waals surface area contributed by atoms with Gasteiger partial charge in [-0.3, -0.25) is 4.79 Å². The minimum atomic E-state index is -0.298. The van der Waals surface area contributed by atoms with E-state index in [2.05, 4.69) is 12.2 Å². The zero-order valence-electron chi connectivity index (χ0n) is 14.1. The predicted octanol–water partition coefficient (Wildman–Crippen LogP) is 3.33. The Labute approximate surface area is 142 Å². The summed E-state index contributed by atoms with van der Waals surface area (Å²) in [5, 5.41) is 12.4. The summed E-state index contributed by atoms with van der Waals surface area (Å²) < 4.78 is 10.7. The number of nitrogens with zero attached hydrogens (tertiary/aromatic N) is 1. The van der Waals surface area contributed by atoms with Gasteiger partial charge in [-0.15, -0.1) is 0 Å². The Balaban J connectivity index is 1.79. The molecular formula is C19H22N2O3. The molecule has 1 aromatic carbocycles. The predicted molar refractivity (Wildman–Crippen MR) is 90.5 cm³/mol. The summed E-state index contributed by atoms with van der Waals surface area (Å²) in [5.41, 5.74) is 1.85. The van der Waals surface area contributed by atoms with Crippen molar-refractivity contribution in [3.05, 3.63) is 28.8 Å². The lowest BCUT2D eigenvalue weighted by atomic mass is 9.86. The second kappa shape index (κ2) is 6.96. The Morgan fingerprint density at radius 1 is 1.29 bits per heavy atom. The van der Waals surface area contributed by atoms with Crippen LogP contribution in [0.1, 0.15) is 43.7 Å². The number of ether oxygens (including phenoxy) is 2. The second-order valence-electron chi connectivity index (χ2n) is 6.57. The summed E-state index contributed by atoms with van der Waals surface area (Å²) in [6.07, 6.45) is 6.07. The van der Waals surface area contributed by atoms with Crippen molar-refractivity contribution in [1.82, 2.24) is 5.32 Å². The van der Waals surface area contributed by atoms with Gasteiger partial charge in [-0.1, -0.05) is 19.8 Å². The number of benzene rings is 1. The van der Waals surface area contributed by atoms with Gasteiger partial charge >= 0.3 is 0 Å². The van der Waals surface area contributed by atoms with Crippen LogP contribution in [0.25, 0.3) is 6.08 Å². The maximum absolute atomic E-state index is 12.5. The van der Waals surface area contributed by atoms with Crippen LogP contribution in [0.15, 0.2) is 17.7 Å². The van der Waals surface area contributed by atoms with Gasteiger partial charge in [0, 0.05) is 6.04 Å². The molecule has 1 N–H and O–H groups in total. The van der Waals surface area contributed by atoms with E-state index < -0.39 is 0 Å². The van der Waals surface area contributed by atoms with Crippen molar-refractivity contribution < 1.29 is 14.3 Å². The highest BCUT2D eigenvalue weighted by Gasteiger charge is 2.24. The van der Waals surface area contributed by atoms with Gasteiger partial charge in [0.1, 0.15) is 11.6 Å². The minimum absolute atomic E-state index is 0.120. The monoisotopic (exact) mass is 326 g/mol. The van der Waals surface area contributed by atoms with E-state index in [1.54, 1.807) is 6.08 Å². The summed E-state index contributed by atoms with van der Waals surface area (Å²) in [4.78, 5) is 12.5. The number of nitriles is 1. The molecule has 1 aromatic rings. The average Bonchev–Trinajstić information content (AvgIpc) is 3.01. The van der Waals surface area contributed by atoms with Crippen LogP contribution in [-0.2, 0) is 4.79 Å². The number of amides is 1. The standard InChI is InChI=1S/C19H22N2O3/c1-12-5-3-4-6-16(12)21-19(22)15(10-20)8-14-9-18-17(7-13(14)2)23-11-24-18/h7-9,12,16H,3-6,11H2,1-2H3,(H,21,22)/b15-8+/t12-,16-/m0/s1. The molecule has 1 amide bonds. The fourth-order valence-electron chi connectivity index (χ4n) is 3.30. The summed E-state index contributed by atoms with van der Waals surface area (Å²) in [6, 6.07) is 5.86. The van der Waals surface area contributed by atoms with Crippen LogP contribution in [0.5, 0.6) is 11.5 Å². The molecule has 0 radical (unpaired) electrons. The summed E-state index contributed by atoms with van der Waals surface area (Å²) in [6.45, 7) is 4.28. The van der Waals surface area contributed by atoms with Gasteiger partial charge in [-0.2, -0.15) is 5.26 Å². The second-order valence-corrected chi connectivity index (χ2v) is 6.57. The molecule has 5 heteroatoms.